The van der Waals surface area contributed by atoms with Crippen molar-refractivity contribution in [1.82, 2.24) is 19.7 Å². The standard InChI is InChI=1S/C21H18N4O/c1-13-10-16(19-8-5-7-18(24-19)15(3)26)11-20-17(13)12-22-25(20)21-9-4-6-14(2)23-21/h4-12H,1-3H3. The van der Waals surface area contributed by atoms with E-state index in [-0.39, 0.29) is 5.78 Å². The van der Waals surface area contributed by atoms with E-state index in [2.05, 4.69) is 28.1 Å². The maximum absolute atomic E-state index is 11.7. The fourth-order valence-electron chi connectivity index (χ4n) is 3.07. The Morgan fingerprint density at radius 3 is 2.58 bits per heavy atom. The number of benzene rings is 1. The van der Waals surface area contributed by atoms with Crippen molar-refractivity contribution in [2.75, 3.05) is 0 Å². The molecule has 0 atom stereocenters. The Morgan fingerprint density at radius 1 is 1.00 bits per heavy atom. The normalized spacial score (nSPS) is 11.0. The molecule has 0 saturated carbocycles. The monoisotopic (exact) mass is 342 g/mol. The van der Waals surface area contributed by atoms with Crippen molar-refractivity contribution in [3.63, 3.8) is 0 Å². The lowest BCUT2D eigenvalue weighted by Crippen LogP contribution is -2.01. The summed E-state index contributed by atoms with van der Waals surface area (Å²) in [5.74, 6) is 0.737. The molecule has 0 unspecified atom stereocenters. The van der Waals surface area contributed by atoms with Gasteiger partial charge >= 0.3 is 0 Å². The third kappa shape index (κ3) is 2.77. The van der Waals surface area contributed by atoms with Crippen molar-refractivity contribution in [2.45, 2.75) is 20.8 Å². The van der Waals surface area contributed by atoms with Crippen LogP contribution in [0.1, 0.15) is 28.7 Å². The van der Waals surface area contributed by atoms with Gasteiger partial charge in [0.25, 0.3) is 0 Å². The Bertz CT molecular complexity index is 1140. The predicted octanol–water partition coefficient (Wildman–Crippen LogP) is 4.30. The largest absolute Gasteiger partial charge is 0.293 e. The van der Waals surface area contributed by atoms with Crippen molar-refractivity contribution < 1.29 is 4.79 Å². The average molecular weight is 342 g/mol. The van der Waals surface area contributed by atoms with Crippen LogP contribution in [0.25, 0.3) is 28.0 Å². The summed E-state index contributed by atoms with van der Waals surface area (Å²) in [5, 5.41) is 5.60. The highest BCUT2D eigenvalue weighted by Crippen LogP contribution is 2.28. The summed E-state index contributed by atoms with van der Waals surface area (Å²) in [4.78, 5) is 20.7. The first-order valence-corrected chi connectivity index (χ1v) is 8.44. The minimum Gasteiger partial charge on any atom is -0.293 e. The predicted molar refractivity (Wildman–Crippen MR) is 102 cm³/mol. The fraction of sp³-hybridized carbons (Fsp3) is 0.143. The molecule has 128 valence electrons. The highest BCUT2D eigenvalue weighted by molar-refractivity contribution is 5.93. The quantitative estimate of drug-likeness (QED) is 0.521. The zero-order chi connectivity index (χ0) is 18.3. The SMILES string of the molecule is CC(=O)c1cccc(-c2cc(C)c3cnn(-c4cccc(C)n4)c3c2)n1. The zero-order valence-corrected chi connectivity index (χ0v) is 14.9. The van der Waals surface area contributed by atoms with Crippen LogP contribution in [0.3, 0.4) is 0 Å². The Hall–Kier alpha value is -3.34. The third-order valence-corrected chi connectivity index (χ3v) is 4.39. The molecule has 4 aromatic rings. The number of fused-ring (bicyclic) bond motifs is 1. The molecule has 0 amide bonds. The summed E-state index contributed by atoms with van der Waals surface area (Å²) in [6.07, 6.45) is 1.86. The van der Waals surface area contributed by atoms with E-state index in [0.717, 1.165) is 39.2 Å². The summed E-state index contributed by atoms with van der Waals surface area (Å²) in [7, 11) is 0. The Labute approximate surface area is 151 Å². The lowest BCUT2D eigenvalue weighted by atomic mass is 10.0. The summed E-state index contributed by atoms with van der Waals surface area (Å²) < 4.78 is 1.84. The van der Waals surface area contributed by atoms with E-state index in [1.807, 2.05) is 54.2 Å². The van der Waals surface area contributed by atoms with E-state index in [1.54, 1.807) is 6.07 Å². The van der Waals surface area contributed by atoms with Crippen LogP contribution in [0.15, 0.2) is 54.7 Å². The molecule has 0 aliphatic carbocycles. The number of carbonyl (C=O) groups excluding carboxylic acids is 1. The Balaban J connectivity index is 1.92. The first-order chi connectivity index (χ1) is 12.5. The summed E-state index contributed by atoms with van der Waals surface area (Å²) in [5.41, 5.74) is 5.20. The number of aryl methyl sites for hydroxylation is 2. The molecular weight excluding hydrogens is 324 g/mol. The topological polar surface area (TPSA) is 60.7 Å². The molecule has 5 heteroatoms. The van der Waals surface area contributed by atoms with Crippen LogP contribution in [-0.4, -0.2) is 25.5 Å². The highest BCUT2D eigenvalue weighted by Gasteiger charge is 2.12. The number of nitrogens with zero attached hydrogens (tertiary/aromatic N) is 4. The van der Waals surface area contributed by atoms with Crippen LogP contribution in [0.4, 0.5) is 0 Å². The van der Waals surface area contributed by atoms with Gasteiger partial charge < -0.3 is 0 Å². The van der Waals surface area contributed by atoms with Crippen molar-refractivity contribution >= 4 is 16.7 Å². The molecular formula is C21H18N4O. The van der Waals surface area contributed by atoms with Crippen LogP contribution in [0, 0.1) is 13.8 Å². The molecule has 0 saturated heterocycles. The maximum Gasteiger partial charge on any atom is 0.178 e. The van der Waals surface area contributed by atoms with Gasteiger partial charge in [-0.3, -0.25) is 4.79 Å². The van der Waals surface area contributed by atoms with Crippen LogP contribution in [-0.2, 0) is 0 Å². The van der Waals surface area contributed by atoms with Gasteiger partial charge in [-0.25, -0.2) is 14.6 Å². The molecule has 4 rings (SSSR count). The number of Topliss-reactive ketones (excluding diaryl/α,β-unsaturated/α-hetero) is 1. The number of rotatable bonds is 3. The summed E-state index contributed by atoms with van der Waals surface area (Å²) in [6.45, 7) is 5.54. The Morgan fingerprint density at radius 2 is 1.81 bits per heavy atom. The number of pyridine rings is 2. The molecule has 0 bridgehead atoms. The summed E-state index contributed by atoms with van der Waals surface area (Å²) in [6, 6.07) is 15.5. The van der Waals surface area contributed by atoms with Gasteiger partial charge in [-0.15, -0.1) is 0 Å². The molecule has 3 aromatic heterocycles. The van der Waals surface area contributed by atoms with E-state index in [0.29, 0.717) is 5.69 Å². The number of hydrogen-bond acceptors (Lipinski definition) is 4. The molecule has 26 heavy (non-hydrogen) atoms. The number of carbonyl (C=O) groups is 1. The number of aromatic nitrogens is 4. The van der Waals surface area contributed by atoms with Gasteiger partial charge in [0.2, 0.25) is 0 Å². The van der Waals surface area contributed by atoms with Crippen LogP contribution in [0.2, 0.25) is 0 Å². The highest BCUT2D eigenvalue weighted by atomic mass is 16.1. The molecule has 0 radical (unpaired) electrons. The van der Waals surface area contributed by atoms with Gasteiger partial charge in [0, 0.05) is 23.6 Å². The molecule has 0 aliphatic heterocycles. The van der Waals surface area contributed by atoms with Crippen molar-refractivity contribution in [1.29, 1.82) is 0 Å². The maximum atomic E-state index is 11.7. The second-order valence-electron chi connectivity index (χ2n) is 6.38. The van der Waals surface area contributed by atoms with Crippen LogP contribution >= 0.6 is 0 Å². The van der Waals surface area contributed by atoms with Crippen LogP contribution in [0.5, 0.6) is 0 Å². The van der Waals surface area contributed by atoms with E-state index < -0.39 is 0 Å². The molecule has 0 N–H and O–H groups in total. The first kappa shape index (κ1) is 16.1. The van der Waals surface area contributed by atoms with Crippen molar-refractivity contribution in [3.8, 4) is 17.1 Å². The molecule has 3 heterocycles. The van der Waals surface area contributed by atoms with Crippen LogP contribution < -0.4 is 0 Å². The second kappa shape index (κ2) is 6.19. The lowest BCUT2D eigenvalue weighted by molar-refractivity contribution is 0.101. The van der Waals surface area contributed by atoms with Crippen molar-refractivity contribution in [3.05, 3.63) is 71.7 Å². The van der Waals surface area contributed by atoms with Gasteiger partial charge in [-0.2, -0.15) is 5.10 Å². The third-order valence-electron chi connectivity index (χ3n) is 4.39. The Kier molecular flexibility index (Phi) is 3.84. The van der Waals surface area contributed by atoms with Gasteiger partial charge in [-0.1, -0.05) is 12.1 Å². The smallest absolute Gasteiger partial charge is 0.178 e. The van der Waals surface area contributed by atoms with Gasteiger partial charge in [0.1, 0.15) is 5.69 Å². The van der Waals surface area contributed by atoms with Crippen molar-refractivity contribution in [2.24, 2.45) is 0 Å². The summed E-state index contributed by atoms with van der Waals surface area (Å²) >= 11 is 0. The number of hydrogen-bond donors (Lipinski definition) is 0. The van der Waals surface area contributed by atoms with Gasteiger partial charge in [0.15, 0.2) is 11.6 Å². The van der Waals surface area contributed by atoms with E-state index in [4.69, 9.17) is 0 Å². The molecule has 0 aliphatic rings. The zero-order valence-electron chi connectivity index (χ0n) is 14.9. The fourth-order valence-corrected chi connectivity index (χ4v) is 3.07. The number of ketones is 1. The van der Waals surface area contributed by atoms with E-state index in [1.165, 1.54) is 6.92 Å². The molecule has 1 aromatic carbocycles. The minimum absolute atomic E-state index is 0.0429. The minimum atomic E-state index is -0.0429. The average Bonchev–Trinajstić information content (AvgIpc) is 3.06. The van der Waals surface area contributed by atoms with E-state index >= 15 is 0 Å². The molecule has 0 spiro atoms. The molecule has 0 fully saturated rings. The molecule has 5 nitrogen and oxygen atoms in total. The lowest BCUT2D eigenvalue weighted by Gasteiger charge is -2.08. The second-order valence-corrected chi connectivity index (χ2v) is 6.38. The van der Waals surface area contributed by atoms with E-state index in [9.17, 15) is 4.79 Å². The first-order valence-electron chi connectivity index (χ1n) is 8.44. The van der Waals surface area contributed by atoms with Gasteiger partial charge in [-0.05, 0) is 55.8 Å². The van der Waals surface area contributed by atoms with Gasteiger partial charge in [0.05, 0.1) is 17.4 Å².